The van der Waals surface area contributed by atoms with Gasteiger partial charge < -0.3 is 10.4 Å². The Morgan fingerprint density at radius 1 is 1.36 bits per heavy atom. The van der Waals surface area contributed by atoms with E-state index in [1.807, 2.05) is 7.05 Å². The van der Waals surface area contributed by atoms with Gasteiger partial charge in [0.2, 0.25) is 0 Å². The minimum Gasteiger partial charge on any atom is -0.396 e. The highest BCUT2D eigenvalue weighted by molar-refractivity contribution is 5.22. The normalized spacial score (nSPS) is 46.4. The second-order valence-electron chi connectivity index (χ2n) is 4.18. The molecule has 3 rings (SSSR count). The van der Waals surface area contributed by atoms with Gasteiger partial charge in [-0.05, 0) is 31.7 Å². The van der Waals surface area contributed by atoms with Crippen LogP contribution in [0.1, 0.15) is 19.3 Å². The maximum atomic E-state index is 8.98. The van der Waals surface area contributed by atoms with Crippen LogP contribution in [-0.2, 0) is 0 Å². The topological polar surface area (TPSA) is 44.3 Å². The predicted molar refractivity (Wildman–Crippen MR) is 43.2 cm³/mol. The quantitative estimate of drug-likeness (QED) is 0.488. The zero-order valence-electron chi connectivity index (χ0n) is 6.98. The molecule has 0 spiro atoms. The van der Waals surface area contributed by atoms with Crippen molar-refractivity contribution in [1.82, 2.24) is 10.6 Å². The Balaban J connectivity index is 1.76. The average Bonchev–Trinajstić information content (AvgIpc) is 1.83. The monoisotopic (exact) mass is 156 g/mol. The summed E-state index contributed by atoms with van der Waals surface area (Å²) < 4.78 is 0. The summed E-state index contributed by atoms with van der Waals surface area (Å²) in [5.74, 6) is 0. The van der Waals surface area contributed by atoms with Crippen LogP contribution in [0.25, 0.3) is 0 Å². The fourth-order valence-corrected chi connectivity index (χ4v) is 2.63. The first kappa shape index (κ1) is 7.53. The minimum absolute atomic E-state index is 0.334. The second-order valence-corrected chi connectivity index (χ2v) is 4.18. The van der Waals surface area contributed by atoms with Gasteiger partial charge in [-0.1, -0.05) is 0 Å². The Morgan fingerprint density at radius 2 is 2.00 bits per heavy atom. The molecule has 3 heteroatoms. The smallest absolute Gasteiger partial charge is 0.0489 e. The molecule has 0 radical (unpaired) electrons. The van der Waals surface area contributed by atoms with Gasteiger partial charge in [0.25, 0.3) is 0 Å². The molecule has 3 fully saturated rings. The molecule has 0 aromatic rings. The van der Waals surface area contributed by atoms with Gasteiger partial charge in [-0.15, -0.1) is 0 Å². The standard InChI is InChI=1S/C8H16N2O/c1-9-6-10-8-2-7(3-8,4-8)5-11/h9-11H,2-6H2,1H3. The van der Waals surface area contributed by atoms with Crippen molar-refractivity contribution in [2.45, 2.75) is 24.8 Å². The summed E-state index contributed by atoms with van der Waals surface area (Å²) in [6.07, 6.45) is 3.54. The summed E-state index contributed by atoms with van der Waals surface area (Å²) in [7, 11) is 1.94. The van der Waals surface area contributed by atoms with Crippen LogP contribution in [0.5, 0.6) is 0 Å². The largest absolute Gasteiger partial charge is 0.396 e. The molecule has 2 bridgehead atoms. The van der Waals surface area contributed by atoms with Crippen molar-refractivity contribution in [2.75, 3.05) is 20.3 Å². The van der Waals surface area contributed by atoms with E-state index in [9.17, 15) is 0 Å². The number of rotatable bonds is 4. The Kier molecular flexibility index (Phi) is 1.50. The van der Waals surface area contributed by atoms with E-state index >= 15 is 0 Å². The van der Waals surface area contributed by atoms with Gasteiger partial charge in [0, 0.05) is 18.8 Å². The molecule has 0 amide bonds. The first-order valence-electron chi connectivity index (χ1n) is 4.25. The summed E-state index contributed by atoms with van der Waals surface area (Å²) >= 11 is 0. The van der Waals surface area contributed by atoms with E-state index in [1.165, 1.54) is 19.3 Å². The van der Waals surface area contributed by atoms with Crippen LogP contribution in [0, 0.1) is 5.41 Å². The first-order valence-corrected chi connectivity index (χ1v) is 4.25. The van der Waals surface area contributed by atoms with E-state index in [-0.39, 0.29) is 0 Å². The molecule has 64 valence electrons. The molecule has 11 heavy (non-hydrogen) atoms. The van der Waals surface area contributed by atoms with Gasteiger partial charge in [-0.3, -0.25) is 5.32 Å². The second kappa shape index (κ2) is 2.19. The Hall–Kier alpha value is -0.120. The van der Waals surface area contributed by atoms with Crippen LogP contribution in [0.15, 0.2) is 0 Å². The fourth-order valence-electron chi connectivity index (χ4n) is 2.63. The summed E-state index contributed by atoms with van der Waals surface area (Å²) in [5.41, 5.74) is 0.743. The number of hydrogen-bond acceptors (Lipinski definition) is 3. The molecule has 3 saturated carbocycles. The maximum Gasteiger partial charge on any atom is 0.0489 e. The molecular weight excluding hydrogens is 140 g/mol. The van der Waals surface area contributed by atoms with Gasteiger partial charge in [0.1, 0.15) is 0 Å². The van der Waals surface area contributed by atoms with E-state index in [2.05, 4.69) is 10.6 Å². The van der Waals surface area contributed by atoms with E-state index in [1.54, 1.807) is 0 Å². The molecule has 0 aromatic carbocycles. The average molecular weight is 156 g/mol. The van der Waals surface area contributed by atoms with Crippen molar-refractivity contribution in [1.29, 1.82) is 0 Å². The molecule has 0 heterocycles. The Bertz CT molecular complexity index is 144. The molecule has 3 nitrogen and oxygen atoms in total. The molecule has 0 unspecified atom stereocenters. The van der Waals surface area contributed by atoms with E-state index in [0.717, 1.165) is 6.67 Å². The van der Waals surface area contributed by atoms with Crippen LogP contribution in [-0.4, -0.2) is 31.0 Å². The third-order valence-corrected chi connectivity index (χ3v) is 3.12. The predicted octanol–water partition coefficient (Wildman–Crippen LogP) is -0.332. The number of aliphatic hydroxyl groups is 1. The van der Waals surface area contributed by atoms with Gasteiger partial charge in [-0.2, -0.15) is 0 Å². The molecular formula is C8H16N2O. The zero-order valence-corrected chi connectivity index (χ0v) is 6.98. The molecule has 0 atom stereocenters. The van der Waals surface area contributed by atoms with Crippen LogP contribution >= 0.6 is 0 Å². The number of nitrogens with one attached hydrogen (secondary N) is 2. The lowest BCUT2D eigenvalue weighted by Gasteiger charge is -2.70. The number of aliphatic hydroxyl groups excluding tert-OH is 1. The Labute approximate surface area is 67.2 Å². The summed E-state index contributed by atoms with van der Waals surface area (Å²) in [6, 6.07) is 0. The Morgan fingerprint density at radius 3 is 2.45 bits per heavy atom. The highest BCUT2D eigenvalue weighted by Gasteiger charge is 2.66. The zero-order chi connectivity index (χ0) is 7.95. The fraction of sp³-hybridized carbons (Fsp3) is 1.00. The molecule has 0 saturated heterocycles. The van der Waals surface area contributed by atoms with E-state index in [0.29, 0.717) is 17.6 Å². The van der Waals surface area contributed by atoms with E-state index in [4.69, 9.17) is 5.11 Å². The third kappa shape index (κ3) is 0.916. The van der Waals surface area contributed by atoms with Crippen LogP contribution < -0.4 is 10.6 Å². The van der Waals surface area contributed by atoms with Crippen LogP contribution in [0.3, 0.4) is 0 Å². The molecule has 3 aliphatic carbocycles. The summed E-state index contributed by atoms with van der Waals surface area (Å²) in [4.78, 5) is 0. The lowest BCUT2D eigenvalue weighted by molar-refractivity contribution is -0.178. The van der Waals surface area contributed by atoms with Crippen LogP contribution in [0.2, 0.25) is 0 Å². The van der Waals surface area contributed by atoms with Crippen molar-refractivity contribution in [3.05, 3.63) is 0 Å². The molecule has 0 aromatic heterocycles. The highest BCUT2D eigenvalue weighted by atomic mass is 16.3. The molecule has 3 aliphatic rings. The van der Waals surface area contributed by atoms with Crippen molar-refractivity contribution in [3.8, 4) is 0 Å². The lowest BCUT2D eigenvalue weighted by atomic mass is 9.40. The van der Waals surface area contributed by atoms with Gasteiger partial charge in [-0.25, -0.2) is 0 Å². The molecule has 0 aliphatic heterocycles. The summed E-state index contributed by atoms with van der Waals surface area (Å²) in [6.45, 7) is 1.28. The van der Waals surface area contributed by atoms with Gasteiger partial charge in [0.15, 0.2) is 0 Å². The highest BCUT2D eigenvalue weighted by Crippen LogP contribution is 2.66. The van der Waals surface area contributed by atoms with Crippen LogP contribution in [0.4, 0.5) is 0 Å². The third-order valence-electron chi connectivity index (χ3n) is 3.12. The maximum absolute atomic E-state index is 8.98. The number of hydrogen-bond donors (Lipinski definition) is 3. The van der Waals surface area contributed by atoms with Crippen molar-refractivity contribution >= 4 is 0 Å². The van der Waals surface area contributed by atoms with Gasteiger partial charge >= 0.3 is 0 Å². The van der Waals surface area contributed by atoms with E-state index < -0.39 is 0 Å². The molecule has 3 N–H and O–H groups in total. The lowest BCUT2D eigenvalue weighted by Crippen LogP contribution is -2.75. The first-order chi connectivity index (χ1) is 5.24. The van der Waals surface area contributed by atoms with Gasteiger partial charge in [0.05, 0.1) is 0 Å². The minimum atomic E-state index is 0.334. The summed E-state index contributed by atoms with van der Waals surface area (Å²) in [5, 5.41) is 15.5. The van der Waals surface area contributed by atoms with Crippen molar-refractivity contribution < 1.29 is 5.11 Å². The van der Waals surface area contributed by atoms with Crippen molar-refractivity contribution in [3.63, 3.8) is 0 Å². The SMILES string of the molecule is CNCNC12CC(CO)(C1)C2. The van der Waals surface area contributed by atoms with Crippen molar-refractivity contribution in [2.24, 2.45) is 5.41 Å².